The quantitative estimate of drug-likeness (QED) is 0.807. The Morgan fingerprint density at radius 3 is 2.90 bits per heavy atom. The lowest BCUT2D eigenvalue weighted by molar-refractivity contribution is -0.117. The topological polar surface area (TPSA) is 68.2 Å². The van der Waals surface area contributed by atoms with E-state index in [2.05, 4.69) is 35.5 Å². The number of nitrogens with zero attached hydrogens (tertiary/aromatic N) is 2. The van der Waals surface area contributed by atoms with Crippen molar-refractivity contribution in [3.63, 3.8) is 0 Å². The fourth-order valence-corrected chi connectivity index (χ4v) is 2.59. The molecule has 0 spiro atoms. The van der Waals surface area contributed by atoms with Crippen molar-refractivity contribution in [1.82, 2.24) is 5.32 Å². The van der Waals surface area contributed by atoms with E-state index in [-0.39, 0.29) is 11.9 Å². The molecule has 0 saturated heterocycles. The van der Waals surface area contributed by atoms with Gasteiger partial charge < -0.3 is 15.5 Å². The van der Waals surface area contributed by atoms with Gasteiger partial charge in [-0.15, -0.1) is 0 Å². The molecule has 21 heavy (non-hydrogen) atoms. The smallest absolute Gasteiger partial charge is 0.246 e. The Morgan fingerprint density at radius 2 is 2.24 bits per heavy atom. The van der Waals surface area contributed by atoms with Crippen LogP contribution in [0, 0.1) is 11.3 Å². The first-order valence-corrected chi connectivity index (χ1v) is 7.51. The molecule has 1 aromatic carbocycles. The standard InChI is InChI=1S/C16H22N4O/c1-3-9-18-15-13-7-6-12(11-14(13)19-16(15)21)20(4-2)10-5-8-17/h6-7,11,15,18H,3-5,9-10H2,1-2H3,(H,19,21). The molecule has 1 atom stereocenters. The Labute approximate surface area is 125 Å². The molecule has 0 saturated carbocycles. The molecular formula is C16H22N4O. The van der Waals surface area contributed by atoms with Crippen LogP contribution >= 0.6 is 0 Å². The van der Waals surface area contributed by atoms with Crippen LogP contribution in [-0.2, 0) is 4.79 Å². The van der Waals surface area contributed by atoms with Gasteiger partial charge in [0, 0.05) is 30.0 Å². The predicted molar refractivity (Wildman–Crippen MR) is 84.2 cm³/mol. The van der Waals surface area contributed by atoms with Gasteiger partial charge in [-0.3, -0.25) is 4.79 Å². The highest BCUT2D eigenvalue weighted by molar-refractivity contribution is 6.03. The zero-order valence-electron chi connectivity index (χ0n) is 12.6. The molecule has 0 aromatic heterocycles. The minimum Gasteiger partial charge on any atom is -0.371 e. The number of amides is 1. The van der Waals surface area contributed by atoms with Crippen molar-refractivity contribution in [3.05, 3.63) is 23.8 Å². The third-order valence-corrected chi connectivity index (χ3v) is 3.71. The van der Waals surface area contributed by atoms with Gasteiger partial charge in [0.25, 0.3) is 0 Å². The number of hydrogen-bond donors (Lipinski definition) is 2. The van der Waals surface area contributed by atoms with E-state index in [1.165, 1.54) is 0 Å². The molecule has 1 unspecified atom stereocenters. The van der Waals surface area contributed by atoms with Gasteiger partial charge in [0.15, 0.2) is 0 Å². The number of nitrogens with one attached hydrogen (secondary N) is 2. The monoisotopic (exact) mass is 286 g/mol. The van der Waals surface area contributed by atoms with E-state index in [0.29, 0.717) is 13.0 Å². The molecule has 0 radical (unpaired) electrons. The largest absolute Gasteiger partial charge is 0.371 e. The molecule has 2 rings (SSSR count). The highest BCUT2D eigenvalue weighted by Crippen LogP contribution is 2.34. The van der Waals surface area contributed by atoms with Gasteiger partial charge in [-0.05, 0) is 32.0 Å². The first-order chi connectivity index (χ1) is 10.2. The van der Waals surface area contributed by atoms with Crippen LogP contribution in [0.2, 0.25) is 0 Å². The highest BCUT2D eigenvalue weighted by Gasteiger charge is 2.30. The van der Waals surface area contributed by atoms with E-state index in [4.69, 9.17) is 5.26 Å². The molecule has 0 bridgehead atoms. The number of anilines is 2. The normalized spacial score (nSPS) is 16.2. The van der Waals surface area contributed by atoms with E-state index in [0.717, 1.165) is 36.4 Å². The number of benzene rings is 1. The van der Waals surface area contributed by atoms with Crippen LogP contribution in [0.3, 0.4) is 0 Å². The maximum Gasteiger partial charge on any atom is 0.246 e. The average molecular weight is 286 g/mol. The van der Waals surface area contributed by atoms with E-state index >= 15 is 0 Å². The van der Waals surface area contributed by atoms with Crippen LogP contribution in [0.1, 0.15) is 38.3 Å². The second-order valence-electron chi connectivity index (χ2n) is 5.14. The van der Waals surface area contributed by atoms with Crippen LogP contribution in [0.4, 0.5) is 11.4 Å². The molecule has 1 heterocycles. The summed E-state index contributed by atoms with van der Waals surface area (Å²) in [7, 11) is 0. The summed E-state index contributed by atoms with van der Waals surface area (Å²) in [5, 5.41) is 14.9. The van der Waals surface area contributed by atoms with Gasteiger partial charge >= 0.3 is 0 Å². The Bertz CT molecular complexity index is 550. The lowest BCUT2D eigenvalue weighted by Crippen LogP contribution is -2.28. The molecule has 1 aliphatic rings. The zero-order valence-corrected chi connectivity index (χ0v) is 12.6. The van der Waals surface area contributed by atoms with Crippen molar-refractivity contribution >= 4 is 17.3 Å². The number of carbonyl (C=O) groups excluding carboxylic acids is 1. The third kappa shape index (κ3) is 3.34. The molecule has 0 aliphatic carbocycles. The van der Waals surface area contributed by atoms with Gasteiger partial charge in [0.2, 0.25) is 5.91 Å². The van der Waals surface area contributed by atoms with Gasteiger partial charge in [0.1, 0.15) is 6.04 Å². The summed E-state index contributed by atoms with van der Waals surface area (Å²) in [6, 6.07) is 7.96. The van der Waals surface area contributed by atoms with E-state index in [1.807, 2.05) is 18.2 Å². The van der Waals surface area contributed by atoms with Crippen molar-refractivity contribution in [2.24, 2.45) is 0 Å². The number of hydrogen-bond acceptors (Lipinski definition) is 4. The second kappa shape index (κ2) is 7.09. The van der Waals surface area contributed by atoms with E-state index in [9.17, 15) is 4.79 Å². The molecule has 2 N–H and O–H groups in total. The van der Waals surface area contributed by atoms with Crippen molar-refractivity contribution in [2.45, 2.75) is 32.7 Å². The number of fused-ring (bicyclic) bond motifs is 1. The lowest BCUT2D eigenvalue weighted by atomic mass is 10.1. The van der Waals surface area contributed by atoms with Gasteiger partial charge in [0.05, 0.1) is 12.5 Å². The number of nitriles is 1. The molecule has 112 valence electrons. The van der Waals surface area contributed by atoms with Crippen molar-refractivity contribution < 1.29 is 4.79 Å². The first kappa shape index (κ1) is 15.3. The summed E-state index contributed by atoms with van der Waals surface area (Å²) in [5.41, 5.74) is 2.93. The molecule has 5 heteroatoms. The van der Waals surface area contributed by atoms with Crippen LogP contribution in [0.15, 0.2) is 18.2 Å². The summed E-state index contributed by atoms with van der Waals surface area (Å²) >= 11 is 0. The highest BCUT2D eigenvalue weighted by atomic mass is 16.2. The van der Waals surface area contributed by atoms with E-state index in [1.54, 1.807) is 0 Å². The molecular weight excluding hydrogens is 264 g/mol. The summed E-state index contributed by atoms with van der Waals surface area (Å²) in [6.07, 6.45) is 1.49. The average Bonchev–Trinajstić information content (AvgIpc) is 2.80. The Kier molecular flexibility index (Phi) is 5.18. The minimum atomic E-state index is -0.247. The van der Waals surface area contributed by atoms with Crippen LogP contribution in [0.5, 0.6) is 0 Å². The Balaban J connectivity index is 2.19. The van der Waals surface area contributed by atoms with Gasteiger partial charge in [-0.2, -0.15) is 5.26 Å². The Hall–Kier alpha value is -2.06. The zero-order chi connectivity index (χ0) is 15.2. The SMILES string of the molecule is CCCNC1C(=O)Nc2cc(N(CC)CCC#N)ccc21. The van der Waals surface area contributed by atoms with Crippen molar-refractivity contribution in [1.29, 1.82) is 5.26 Å². The fourth-order valence-electron chi connectivity index (χ4n) is 2.59. The maximum atomic E-state index is 12.0. The number of carbonyl (C=O) groups is 1. The number of rotatable bonds is 7. The molecule has 1 aliphatic heterocycles. The molecule has 1 aromatic rings. The van der Waals surface area contributed by atoms with Crippen LogP contribution < -0.4 is 15.5 Å². The Morgan fingerprint density at radius 1 is 1.43 bits per heavy atom. The second-order valence-corrected chi connectivity index (χ2v) is 5.14. The van der Waals surface area contributed by atoms with Gasteiger partial charge in [-0.1, -0.05) is 13.0 Å². The molecule has 1 amide bonds. The molecule has 0 fully saturated rings. The molecule has 5 nitrogen and oxygen atoms in total. The van der Waals surface area contributed by atoms with Crippen LogP contribution in [0.25, 0.3) is 0 Å². The summed E-state index contributed by atoms with van der Waals surface area (Å²) in [6.45, 7) is 6.51. The van der Waals surface area contributed by atoms with Gasteiger partial charge in [-0.25, -0.2) is 0 Å². The third-order valence-electron chi connectivity index (χ3n) is 3.71. The lowest BCUT2D eigenvalue weighted by Gasteiger charge is -2.22. The summed E-state index contributed by atoms with van der Waals surface area (Å²) in [4.78, 5) is 14.2. The van der Waals surface area contributed by atoms with Crippen molar-refractivity contribution in [3.8, 4) is 6.07 Å². The van der Waals surface area contributed by atoms with E-state index < -0.39 is 0 Å². The fraction of sp³-hybridized carbons (Fsp3) is 0.500. The summed E-state index contributed by atoms with van der Waals surface area (Å²) in [5.74, 6) is 0.00988. The first-order valence-electron chi connectivity index (χ1n) is 7.51. The minimum absolute atomic E-state index is 0.00988. The van der Waals surface area contributed by atoms with Crippen LogP contribution in [-0.4, -0.2) is 25.5 Å². The maximum absolute atomic E-state index is 12.0. The predicted octanol–water partition coefficient (Wildman–Crippen LogP) is 2.42. The summed E-state index contributed by atoms with van der Waals surface area (Å²) < 4.78 is 0. The van der Waals surface area contributed by atoms with Crippen molar-refractivity contribution in [2.75, 3.05) is 29.9 Å².